The van der Waals surface area contributed by atoms with Crippen molar-refractivity contribution < 1.29 is 23.9 Å². The molecule has 6 heteroatoms. The molecule has 2 rings (SSSR count). The number of esters is 2. The van der Waals surface area contributed by atoms with Gasteiger partial charge in [0.2, 0.25) is 6.10 Å². The van der Waals surface area contributed by atoms with Crippen LogP contribution in [-0.4, -0.2) is 29.9 Å². The van der Waals surface area contributed by atoms with Crippen molar-refractivity contribution in [1.29, 1.82) is 0 Å². The molecule has 1 fully saturated rings. The Hall–Kier alpha value is -1.69. The number of thiophene rings is 1. The molecule has 1 aromatic rings. The molecule has 0 radical (unpaired) electrons. The molecule has 5 nitrogen and oxygen atoms in total. The number of hydrogen-bond donors (Lipinski definition) is 0. The van der Waals surface area contributed by atoms with E-state index in [0.29, 0.717) is 11.3 Å². The van der Waals surface area contributed by atoms with E-state index in [1.165, 1.54) is 11.3 Å². The lowest BCUT2D eigenvalue weighted by Gasteiger charge is -2.07. The van der Waals surface area contributed by atoms with Gasteiger partial charge in [-0.15, -0.1) is 11.3 Å². The topological polar surface area (TPSA) is 69.7 Å². The van der Waals surface area contributed by atoms with E-state index < -0.39 is 18.0 Å². The van der Waals surface area contributed by atoms with Crippen LogP contribution < -0.4 is 0 Å². The number of ether oxygens (including phenoxy) is 2. The summed E-state index contributed by atoms with van der Waals surface area (Å²) in [6, 6.07) is 3.62. The fourth-order valence-corrected chi connectivity index (χ4v) is 2.79. The highest BCUT2D eigenvalue weighted by molar-refractivity contribution is 7.14. The van der Waals surface area contributed by atoms with Gasteiger partial charge in [-0.1, -0.05) is 0 Å². The smallest absolute Gasteiger partial charge is 0.347 e. The predicted octanol–water partition coefficient (Wildman–Crippen LogP) is 2.27. The van der Waals surface area contributed by atoms with Gasteiger partial charge in [0.1, 0.15) is 6.10 Å². The second kappa shape index (κ2) is 6.17. The number of cyclic esters (lactones) is 1. The van der Waals surface area contributed by atoms with Gasteiger partial charge < -0.3 is 9.47 Å². The maximum atomic E-state index is 11.8. The average molecular weight is 296 g/mol. The molecule has 1 aliphatic rings. The van der Waals surface area contributed by atoms with Crippen LogP contribution in [0.25, 0.3) is 0 Å². The number of ketones is 1. The quantitative estimate of drug-likeness (QED) is 0.616. The Morgan fingerprint density at radius 2 is 2.15 bits per heavy atom. The number of hydrogen-bond acceptors (Lipinski definition) is 6. The SMILES string of the molecule is Cc1ccc(C(=O)CCC(=O)OC2CC(C)OC2=O)s1. The maximum absolute atomic E-state index is 11.8. The lowest BCUT2D eigenvalue weighted by Crippen LogP contribution is -2.22. The number of carbonyl (C=O) groups is 3. The zero-order valence-electron chi connectivity index (χ0n) is 11.4. The minimum atomic E-state index is -0.823. The van der Waals surface area contributed by atoms with E-state index in [0.717, 1.165) is 4.88 Å². The average Bonchev–Trinajstić information content (AvgIpc) is 2.93. The minimum absolute atomic E-state index is 0.0199. The molecule has 0 N–H and O–H groups in total. The van der Waals surface area contributed by atoms with Gasteiger partial charge in [-0.2, -0.15) is 0 Å². The Labute approximate surface area is 120 Å². The molecule has 0 bridgehead atoms. The van der Waals surface area contributed by atoms with Crippen molar-refractivity contribution in [3.63, 3.8) is 0 Å². The molecule has 1 saturated heterocycles. The molecular formula is C14H16O5S. The summed E-state index contributed by atoms with van der Waals surface area (Å²) >= 11 is 1.41. The van der Waals surface area contributed by atoms with Gasteiger partial charge in [0.25, 0.3) is 0 Å². The van der Waals surface area contributed by atoms with Crippen LogP contribution in [0.4, 0.5) is 0 Å². The van der Waals surface area contributed by atoms with Gasteiger partial charge in [-0.3, -0.25) is 9.59 Å². The molecule has 2 heterocycles. The van der Waals surface area contributed by atoms with Crippen LogP contribution in [0.1, 0.15) is 40.7 Å². The van der Waals surface area contributed by atoms with E-state index >= 15 is 0 Å². The van der Waals surface area contributed by atoms with Crippen LogP contribution in [0.15, 0.2) is 12.1 Å². The molecule has 2 atom stereocenters. The van der Waals surface area contributed by atoms with E-state index in [1.807, 2.05) is 13.0 Å². The Kier molecular flexibility index (Phi) is 4.54. The number of carbonyl (C=O) groups excluding carboxylic acids is 3. The molecule has 1 aliphatic heterocycles. The molecule has 0 aromatic carbocycles. The Bertz CT molecular complexity index is 533. The standard InChI is InChI=1S/C14H16O5S/c1-8-7-11(14(17)18-8)19-13(16)6-4-10(15)12-5-3-9(2)20-12/h3,5,8,11H,4,6-7H2,1-2H3. The third-order valence-electron chi connectivity index (χ3n) is 2.97. The lowest BCUT2D eigenvalue weighted by atomic mass is 10.2. The van der Waals surface area contributed by atoms with Crippen LogP contribution in [0.2, 0.25) is 0 Å². The Morgan fingerprint density at radius 3 is 2.70 bits per heavy atom. The first-order chi connectivity index (χ1) is 9.45. The van der Waals surface area contributed by atoms with E-state index in [4.69, 9.17) is 9.47 Å². The highest BCUT2D eigenvalue weighted by Gasteiger charge is 2.34. The number of rotatable bonds is 5. The van der Waals surface area contributed by atoms with Crippen molar-refractivity contribution >= 4 is 29.1 Å². The van der Waals surface area contributed by atoms with Crippen molar-refractivity contribution in [3.8, 4) is 0 Å². The second-order valence-electron chi connectivity index (χ2n) is 4.80. The van der Waals surface area contributed by atoms with Crippen molar-refractivity contribution in [2.24, 2.45) is 0 Å². The van der Waals surface area contributed by atoms with Gasteiger partial charge in [-0.25, -0.2) is 4.79 Å². The third kappa shape index (κ3) is 3.66. The van der Waals surface area contributed by atoms with E-state index in [9.17, 15) is 14.4 Å². The lowest BCUT2D eigenvalue weighted by molar-refractivity contribution is -0.160. The van der Waals surface area contributed by atoms with Crippen LogP contribution >= 0.6 is 11.3 Å². The first kappa shape index (κ1) is 14.7. The van der Waals surface area contributed by atoms with Crippen molar-refractivity contribution in [2.75, 3.05) is 0 Å². The fraction of sp³-hybridized carbons (Fsp3) is 0.500. The summed E-state index contributed by atoms with van der Waals surface area (Å²) < 4.78 is 9.91. The predicted molar refractivity (Wildman–Crippen MR) is 72.7 cm³/mol. The van der Waals surface area contributed by atoms with Crippen molar-refractivity contribution in [2.45, 2.75) is 45.3 Å². The highest BCUT2D eigenvalue weighted by Crippen LogP contribution is 2.20. The summed E-state index contributed by atoms with van der Waals surface area (Å²) in [6.07, 6.45) is -0.597. The zero-order valence-corrected chi connectivity index (χ0v) is 12.2. The summed E-state index contributed by atoms with van der Waals surface area (Å²) in [7, 11) is 0. The molecule has 0 amide bonds. The summed E-state index contributed by atoms with van der Waals surface area (Å²) in [5, 5.41) is 0. The molecule has 1 aromatic heterocycles. The van der Waals surface area contributed by atoms with Gasteiger partial charge in [0.05, 0.1) is 11.3 Å². The summed E-state index contributed by atoms with van der Waals surface area (Å²) in [6.45, 7) is 3.66. The van der Waals surface area contributed by atoms with Crippen LogP contribution in [-0.2, 0) is 19.1 Å². The van der Waals surface area contributed by atoms with E-state index in [1.54, 1.807) is 13.0 Å². The molecule has 0 saturated carbocycles. The first-order valence-electron chi connectivity index (χ1n) is 6.45. The molecule has 20 heavy (non-hydrogen) atoms. The fourth-order valence-electron chi connectivity index (χ4n) is 1.96. The summed E-state index contributed by atoms with van der Waals surface area (Å²) in [5.41, 5.74) is 0. The molecule has 2 unspecified atom stereocenters. The normalized spacial score (nSPS) is 21.6. The number of Topliss-reactive ketones (excluding diaryl/α,β-unsaturated/α-hetero) is 1. The number of aryl methyl sites for hydroxylation is 1. The largest absolute Gasteiger partial charge is 0.460 e. The Morgan fingerprint density at radius 1 is 1.40 bits per heavy atom. The van der Waals surface area contributed by atoms with E-state index in [2.05, 4.69) is 0 Å². The highest BCUT2D eigenvalue weighted by atomic mass is 32.1. The summed E-state index contributed by atoms with van der Waals surface area (Å²) in [5.74, 6) is -1.13. The van der Waals surface area contributed by atoms with Crippen LogP contribution in [0, 0.1) is 6.92 Å². The minimum Gasteiger partial charge on any atom is -0.460 e. The van der Waals surface area contributed by atoms with Crippen molar-refractivity contribution in [3.05, 3.63) is 21.9 Å². The van der Waals surface area contributed by atoms with Crippen LogP contribution in [0.5, 0.6) is 0 Å². The maximum Gasteiger partial charge on any atom is 0.347 e. The zero-order chi connectivity index (χ0) is 14.7. The third-order valence-corrected chi connectivity index (χ3v) is 4.01. The van der Waals surface area contributed by atoms with Gasteiger partial charge >= 0.3 is 11.9 Å². The molecule has 0 aliphatic carbocycles. The second-order valence-corrected chi connectivity index (χ2v) is 6.08. The van der Waals surface area contributed by atoms with Crippen molar-refractivity contribution in [1.82, 2.24) is 0 Å². The first-order valence-corrected chi connectivity index (χ1v) is 7.27. The monoisotopic (exact) mass is 296 g/mol. The molecule has 108 valence electrons. The van der Waals surface area contributed by atoms with Crippen LogP contribution in [0.3, 0.4) is 0 Å². The molecular weight excluding hydrogens is 280 g/mol. The molecule has 0 spiro atoms. The summed E-state index contributed by atoms with van der Waals surface area (Å²) in [4.78, 5) is 36.5. The van der Waals surface area contributed by atoms with Gasteiger partial charge in [-0.05, 0) is 26.0 Å². The van der Waals surface area contributed by atoms with Gasteiger partial charge in [0.15, 0.2) is 5.78 Å². The van der Waals surface area contributed by atoms with Gasteiger partial charge in [0, 0.05) is 17.7 Å². The Balaban J connectivity index is 1.78. The van der Waals surface area contributed by atoms with E-state index in [-0.39, 0.29) is 24.7 Å².